The van der Waals surface area contributed by atoms with Gasteiger partial charge in [-0.15, -0.1) is 0 Å². The third kappa shape index (κ3) is 5.34. The highest BCUT2D eigenvalue weighted by Gasteiger charge is 2.28. The van der Waals surface area contributed by atoms with Gasteiger partial charge >= 0.3 is 5.51 Å². The number of aliphatic hydroxyl groups is 1. The molecule has 0 atom stereocenters. The lowest BCUT2D eigenvalue weighted by molar-refractivity contribution is -0.0327. The molecular weight excluding hydrogens is 375 g/mol. The Morgan fingerprint density at radius 2 is 2.11 bits per heavy atom. The smallest absolute Gasteiger partial charge is 0.441 e. The molecule has 1 aromatic rings. The number of alkyl halides is 3. The number of aliphatic hydroxyl groups excluding tert-OH is 1. The first-order chi connectivity index (χ1) is 8.65. The minimum Gasteiger partial charge on any atom is -0.450 e. The summed E-state index contributed by atoms with van der Waals surface area (Å²) < 4.78 is 65.8. The van der Waals surface area contributed by atoms with Crippen molar-refractivity contribution in [2.24, 2.45) is 0 Å². The first-order valence-electron chi connectivity index (χ1n) is 4.75. The Labute approximate surface area is 119 Å². The summed E-state index contributed by atoms with van der Waals surface area (Å²) in [4.78, 5) is -0.270. The number of nitrogens with one attached hydrogen (secondary N) is 1. The Balaban J connectivity index is 2.63. The molecule has 0 aliphatic rings. The molecule has 0 radical (unpaired) electrons. The van der Waals surface area contributed by atoms with Crippen molar-refractivity contribution < 1.29 is 31.1 Å². The summed E-state index contributed by atoms with van der Waals surface area (Å²) in [6, 6.07) is 1.09. The zero-order chi connectivity index (χ0) is 14.7. The van der Waals surface area contributed by atoms with Crippen LogP contribution in [0.2, 0.25) is 0 Å². The van der Waals surface area contributed by atoms with Crippen LogP contribution < -0.4 is 4.72 Å². The Hall–Kier alpha value is -0.230. The molecule has 11 heteroatoms. The molecule has 0 fully saturated rings. The van der Waals surface area contributed by atoms with Gasteiger partial charge in [-0.25, -0.2) is 13.1 Å². The van der Waals surface area contributed by atoms with Crippen molar-refractivity contribution in [3.63, 3.8) is 0 Å². The zero-order valence-corrected chi connectivity index (χ0v) is 12.4. The molecule has 0 aliphatic carbocycles. The van der Waals surface area contributed by atoms with Gasteiger partial charge in [0.1, 0.15) is 17.3 Å². The second-order valence-corrected chi connectivity index (χ2v) is 6.82. The first kappa shape index (κ1) is 16.8. The van der Waals surface area contributed by atoms with Gasteiger partial charge < -0.3 is 9.52 Å². The molecule has 19 heavy (non-hydrogen) atoms. The molecule has 5 nitrogen and oxygen atoms in total. The molecule has 0 aromatic carbocycles. The lowest BCUT2D eigenvalue weighted by atomic mass is 10.5. The number of thioether (sulfide) groups is 1. The Kier molecular flexibility index (Phi) is 5.74. The quantitative estimate of drug-likeness (QED) is 0.735. The van der Waals surface area contributed by atoms with Crippen molar-refractivity contribution in [1.29, 1.82) is 0 Å². The highest BCUT2D eigenvalue weighted by molar-refractivity contribution is 9.10. The topological polar surface area (TPSA) is 79.5 Å². The van der Waals surface area contributed by atoms with Crippen LogP contribution in [0.4, 0.5) is 13.2 Å². The number of halogens is 4. The van der Waals surface area contributed by atoms with E-state index in [1.165, 1.54) is 0 Å². The van der Waals surface area contributed by atoms with Crippen molar-refractivity contribution in [3.8, 4) is 0 Å². The normalized spacial score (nSPS) is 12.9. The van der Waals surface area contributed by atoms with Crippen molar-refractivity contribution in [3.05, 3.63) is 16.5 Å². The molecule has 110 valence electrons. The van der Waals surface area contributed by atoms with Gasteiger partial charge in [0.15, 0.2) is 4.67 Å². The number of hydrogen-bond donors (Lipinski definition) is 2. The van der Waals surface area contributed by atoms with Crippen molar-refractivity contribution in [1.82, 2.24) is 4.72 Å². The Morgan fingerprint density at radius 3 is 2.58 bits per heavy atom. The maximum atomic E-state index is 11.8. The lowest BCUT2D eigenvalue weighted by Gasteiger charge is -2.06. The monoisotopic (exact) mass is 383 g/mol. The summed E-state index contributed by atoms with van der Waals surface area (Å²) in [5.41, 5.74) is -4.40. The second kappa shape index (κ2) is 6.48. The fourth-order valence-corrected chi connectivity index (χ4v) is 3.67. The van der Waals surface area contributed by atoms with Gasteiger partial charge in [-0.05, 0) is 27.7 Å². The van der Waals surface area contributed by atoms with E-state index in [0.717, 1.165) is 6.07 Å². The molecule has 0 amide bonds. The van der Waals surface area contributed by atoms with Crippen LogP contribution in [0.5, 0.6) is 0 Å². The maximum absolute atomic E-state index is 11.8. The standard InChI is InChI=1S/C8H9BrF3NO4S2/c9-7-6(3-5(4-14)17-7)19(15,16)13-1-2-18-8(10,11)12/h3,13-14H,1-2,4H2. The van der Waals surface area contributed by atoms with E-state index in [1.807, 2.05) is 4.72 Å². The van der Waals surface area contributed by atoms with Gasteiger partial charge in [0.05, 0.1) is 0 Å². The third-order valence-electron chi connectivity index (χ3n) is 1.81. The van der Waals surface area contributed by atoms with Gasteiger partial charge in [0.25, 0.3) is 0 Å². The fraction of sp³-hybridized carbons (Fsp3) is 0.500. The fourth-order valence-electron chi connectivity index (χ4n) is 1.08. The zero-order valence-electron chi connectivity index (χ0n) is 9.20. The molecule has 1 aromatic heterocycles. The Bertz CT molecular complexity index is 529. The molecule has 2 N–H and O–H groups in total. The summed E-state index contributed by atoms with van der Waals surface area (Å²) >= 11 is 2.53. The highest BCUT2D eigenvalue weighted by atomic mass is 79.9. The predicted octanol–water partition coefficient (Wildman–Crippen LogP) is 2.07. The van der Waals surface area contributed by atoms with Crippen molar-refractivity contribution >= 4 is 37.7 Å². The molecule has 1 heterocycles. The third-order valence-corrected chi connectivity index (χ3v) is 4.87. The van der Waals surface area contributed by atoms with Crippen LogP contribution in [0.3, 0.4) is 0 Å². The van der Waals surface area contributed by atoms with Gasteiger partial charge in [0, 0.05) is 18.4 Å². The van der Waals surface area contributed by atoms with Crippen LogP contribution in [-0.2, 0) is 16.6 Å². The molecule has 0 saturated carbocycles. The van der Waals surface area contributed by atoms with Crippen molar-refractivity contribution in [2.45, 2.75) is 17.0 Å². The van der Waals surface area contributed by atoms with E-state index >= 15 is 0 Å². The average molecular weight is 384 g/mol. The average Bonchev–Trinajstić information content (AvgIpc) is 2.66. The van der Waals surface area contributed by atoms with Crippen LogP contribution in [0, 0.1) is 0 Å². The van der Waals surface area contributed by atoms with Crippen LogP contribution >= 0.6 is 27.7 Å². The first-order valence-corrected chi connectivity index (χ1v) is 8.01. The summed E-state index contributed by atoms with van der Waals surface area (Å²) in [5.74, 6) is -0.415. The Morgan fingerprint density at radius 1 is 1.47 bits per heavy atom. The largest absolute Gasteiger partial charge is 0.450 e. The van der Waals surface area contributed by atoms with E-state index in [4.69, 9.17) is 9.52 Å². The van der Waals surface area contributed by atoms with Gasteiger partial charge in [-0.1, -0.05) is 0 Å². The molecule has 0 bridgehead atoms. The molecule has 1 rings (SSSR count). The molecule has 0 unspecified atom stereocenters. The number of rotatable bonds is 6. The number of furan rings is 1. The molecule has 0 spiro atoms. The van der Waals surface area contributed by atoms with Crippen LogP contribution in [0.15, 0.2) is 20.0 Å². The van der Waals surface area contributed by atoms with E-state index < -0.39 is 27.9 Å². The summed E-state index contributed by atoms with van der Waals surface area (Å²) in [5, 5.41) is 8.79. The van der Waals surface area contributed by atoms with E-state index in [9.17, 15) is 21.6 Å². The van der Waals surface area contributed by atoms with Crippen molar-refractivity contribution in [2.75, 3.05) is 12.3 Å². The maximum Gasteiger partial charge on any atom is 0.441 e. The SMILES string of the molecule is O=S(=O)(NCCSC(F)(F)F)c1cc(CO)oc1Br. The minimum absolute atomic E-state index is 0.0249. The number of hydrogen-bond acceptors (Lipinski definition) is 5. The van der Waals surface area contributed by atoms with Crippen LogP contribution in [0.1, 0.15) is 5.76 Å². The predicted molar refractivity (Wildman–Crippen MR) is 66.0 cm³/mol. The highest BCUT2D eigenvalue weighted by Crippen LogP contribution is 2.30. The van der Waals surface area contributed by atoms with E-state index in [2.05, 4.69) is 15.9 Å². The molecular formula is C8H9BrF3NO4S2. The van der Waals surface area contributed by atoms with Crippen LogP contribution in [-0.4, -0.2) is 31.3 Å². The number of sulfonamides is 1. The molecule has 0 saturated heterocycles. The molecule has 0 aliphatic heterocycles. The summed E-state index contributed by atoms with van der Waals surface area (Å²) in [7, 11) is -3.98. The van der Waals surface area contributed by atoms with E-state index in [0.29, 0.717) is 0 Å². The van der Waals surface area contributed by atoms with E-state index in [1.54, 1.807) is 0 Å². The summed E-state index contributed by atoms with van der Waals surface area (Å²) in [6.45, 7) is -0.864. The minimum atomic E-state index is -4.40. The van der Waals surface area contributed by atoms with Gasteiger partial charge in [-0.3, -0.25) is 0 Å². The van der Waals surface area contributed by atoms with Gasteiger partial charge in [-0.2, -0.15) is 13.2 Å². The van der Waals surface area contributed by atoms with Gasteiger partial charge in [0.2, 0.25) is 10.0 Å². The van der Waals surface area contributed by atoms with E-state index in [-0.39, 0.29) is 33.6 Å². The lowest BCUT2D eigenvalue weighted by Crippen LogP contribution is -2.26. The van der Waals surface area contributed by atoms with Crippen LogP contribution in [0.25, 0.3) is 0 Å². The second-order valence-electron chi connectivity index (χ2n) is 3.20. The summed E-state index contributed by atoms with van der Waals surface area (Å²) in [6.07, 6.45) is 0.